The largest absolute Gasteiger partial charge is 0.372 e. The van der Waals surface area contributed by atoms with Crippen LogP contribution >= 0.6 is 0 Å². The van der Waals surface area contributed by atoms with Gasteiger partial charge in [-0.1, -0.05) is 20.3 Å². The van der Waals surface area contributed by atoms with Gasteiger partial charge in [0.2, 0.25) is 0 Å². The zero-order valence-electron chi connectivity index (χ0n) is 9.18. The Morgan fingerprint density at radius 2 is 2.23 bits per heavy atom. The lowest BCUT2D eigenvalue weighted by atomic mass is 9.67. The molecule has 2 bridgehead atoms. The topological polar surface area (TPSA) is 9.23 Å². The van der Waals surface area contributed by atoms with Gasteiger partial charge in [-0.2, -0.15) is 0 Å². The van der Waals surface area contributed by atoms with Crippen LogP contribution < -0.4 is 0 Å². The van der Waals surface area contributed by atoms with Crippen LogP contribution in [-0.2, 0) is 4.74 Å². The molecular weight excluding hydrogens is 160 g/mol. The third-order valence-corrected chi connectivity index (χ3v) is 3.98. The van der Waals surface area contributed by atoms with Crippen LogP contribution in [0.15, 0.2) is 0 Å². The third kappa shape index (κ3) is 1.63. The molecule has 0 aromatic heterocycles. The first kappa shape index (κ1) is 9.51. The molecule has 1 aliphatic carbocycles. The van der Waals surface area contributed by atoms with E-state index < -0.39 is 0 Å². The van der Waals surface area contributed by atoms with Crippen molar-refractivity contribution in [3.05, 3.63) is 0 Å². The molecule has 4 unspecified atom stereocenters. The van der Waals surface area contributed by atoms with E-state index in [2.05, 4.69) is 20.8 Å². The summed E-state index contributed by atoms with van der Waals surface area (Å²) in [5.41, 5.74) is 0.230. The van der Waals surface area contributed by atoms with Crippen LogP contribution in [0, 0.1) is 11.8 Å². The molecule has 2 heterocycles. The predicted octanol–water partition coefficient (Wildman–Crippen LogP) is 3.38. The molecule has 2 saturated heterocycles. The van der Waals surface area contributed by atoms with Crippen molar-refractivity contribution >= 4 is 0 Å². The second-order valence-electron chi connectivity index (χ2n) is 5.28. The fraction of sp³-hybridized carbons (Fsp3) is 1.00. The lowest BCUT2D eigenvalue weighted by Crippen LogP contribution is -2.52. The summed E-state index contributed by atoms with van der Waals surface area (Å²) in [4.78, 5) is 0. The molecule has 0 spiro atoms. The summed E-state index contributed by atoms with van der Waals surface area (Å²) in [6.07, 6.45) is 7.10. The average molecular weight is 182 g/mol. The Labute approximate surface area is 81.9 Å². The maximum absolute atomic E-state index is 6.18. The highest BCUT2D eigenvalue weighted by Crippen LogP contribution is 2.48. The van der Waals surface area contributed by atoms with E-state index in [1.54, 1.807) is 0 Å². The van der Waals surface area contributed by atoms with Gasteiger partial charge < -0.3 is 4.74 Å². The molecule has 3 fully saturated rings. The van der Waals surface area contributed by atoms with Crippen LogP contribution in [0.3, 0.4) is 0 Å². The highest BCUT2D eigenvalue weighted by molar-refractivity contribution is 4.96. The second-order valence-corrected chi connectivity index (χ2v) is 5.28. The number of fused-ring (bicyclic) bond motifs is 3. The zero-order chi connectivity index (χ0) is 9.47. The van der Waals surface area contributed by atoms with Gasteiger partial charge in [-0.25, -0.2) is 0 Å². The minimum absolute atomic E-state index is 0.230. The van der Waals surface area contributed by atoms with Crippen molar-refractivity contribution in [3.63, 3.8) is 0 Å². The minimum Gasteiger partial charge on any atom is -0.372 e. The van der Waals surface area contributed by atoms with Crippen molar-refractivity contribution in [3.8, 4) is 0 Å². The summed E-state index contributed by atoms with van der Waals surface area (Å²) in [6, 6.07) is 0. The van der Waals surface area contributed by atoms with Crippen molar-refractivity contribution in [1.82, 2.24) is 0 Å². The summed E-state index contributed by atoms with van der Waals surface area (Å²) in [7, 11) is 0. The summed E-state index contributed by atoms with van der Waals surface area (Å²) in [6.45, 7) is 6.98. The van der Waals surface area contributed by atoms with Crippen LogP contribution in [0.2, 0.25) is 0 Å². The first-order valence-corrected chi connectivity index (χ1v) is 5.82. The first-order valence-electron chi connectivity index (χ1n) is 5.82. The Morgan fingerprint density at radius 3 is 2.77 bits per heavy atom. The highest BCUT2D eigenvalue weighted by atomic mass is 16.5. The van der Waals surface area contributed by atoms with Gasteiger partial charge in [0.15, 0.2) is 0 Å². The molecule has 0 aromatic carbocycles. The maximum atomic E-state index is 6.18. The quantitative estimate of drug-likeness (QED) is 0.636. The molecule has 0 N–H and O–H groups in total. The molecule has 3 aliphatic rings. The Hall–Kier alpha value is -0.0400. The lowest BCUT2D eigenvalue weighted by molar-refractivity contribution is -0.205. The monoisotopic (exact) mass is 182 g/mol. The van der Waals surface area contributed by atoms with Crippen LogP contribution in [0.25, 0.3) is 0 Å². The van der Waals surface area contributed by atoms with E-state index in [1.165, 1.54) is 32.1 Å². The Bertz CT molecular complexity index is 190. The van der Waals surface area contributed by atoms with Gasteiger partial charge in [0.25, 0.3) is 0 Å². The Kier molecular flexibility index (Phi) is 2.39. The van der Waals surface area contributed by atoms with Crippen LogP contribution in [0.1, 0.15) is 52.9 Å². The van der Waals surface area contributed by atoms with E-state index in [9.17, 15) is 0 Å². The van der Waals surface area contributed by atoms with E-state index in [0.717, 1.165) is 11.8 Å². The van der Waals surface area contributed by atoms with Gasteiger partial charge in [0, 0.05) is 0 Å². The van der Waals surface area contributed by atoms with Crippen molar-refractivity contribution in [1.29, 1.82) is 0 Å². The summed E-state index contributed by atoms with van der Waals surface area (Å²) in [5, 5.41) is 0. The van der Waals surface area contributed by atoms with E-state index in [1.807, 2.05) is 0 Å². The van der Waals surface area contributed by atoms with Crippen molar-refractivity contribution in [2.75, 3.05) is 0 Å². The van der Waals surface area contributed by atoms with Crippen LogP contribution in [0.4, 0.5) is 0 Å². The molecule has 13 heavy (non-hydrogen) atoms. The summed E-state index contributed by atoms with van der Waals surface area (Å²) < 4.78 is 6.18. The highest BCUT2D eigenvalue weighted by Gasteiger charge is 2.46. The van der Waals surface area contributed by atoms with Crippen molar-refractivity contribution in [2.45, 2.75) is 64.6 Å². The molecule has 0 amide bonds. The SMILES string of the molecule is CCCC1OC2(C)CCC1C(C)C2. The third-order valence-electron chi connectivity index (χ3n) is 3.98. The molecule has 1 nitrogen and oxygen atoms in total. The van der Waals surface area contributed by atoms with Gasteiger partial charge in [-0.3, -0.25) is 0 Å². The average Bonchev–Trinajstić information content (AvgIpc) is 2.02. The molecule has 76 valence electrons. The van der Waals surface area contributed by atoms with Gasteiger partial charge in [-0.15, -0.1) is 0 Å². The van der Waals surface area contributed by atoms with Crippen molar-refractivity contribution in [2.24, 2.45) is 11.8 Å². The van der Waals surface area contributed by atoms with Crippen LogP contribution in [0.5, 0.6) is 0 Å². The molecule has 1 saturated carbocycles. The van der Waals surface area contributed by atoms with E-state index in [4.69, 9.17) is 4.74 Å². The molecule has 3 rings (SSSR count). The second kappa shape index (κ2) is 3.27. The van der Waals surface area contributed by atoms with Gasteiger partial charge in [0.05, 0.1) is 11.7 Å². The predicted molar refractivity (Wildman–Crippen MR) is 54.7 cm³/mol. The Morgan fingerprint density at radius 1 is 1.46 bits per heavy atom. The number of ether oxygens (including phenoxy) is 1. The molecule has 2 aliphatic heterocycles. The zero-order valence-corrected chi connectivity index (χ0v) is 9.18. The smallest absolute Gasteiger partial charge is 0.0661 e. The lowest BCUT2D eigenvalue weighted by Gasteiger charge is -2.52. The fourth-order valence-electron chi connectivity index (χ4n) is 3.36. The van der Waals surface area contributed by atoms with Gasteiger partial charge >= 0.3 is 0 Å². The minimum atomic E-state index is 0.230. The van der Waals surface area contributed by atoms with E-state index in [-0.39, 0.29) is 5.60 Å². The van der Waals surface area contributed by atoms with E-state index in [0.29, 0.717) is 6.10 Å². The number of hydrogen-bond acceptors (Lipinski definition) is 1. The first-order chi connectivity index (χ1) is 6.14. The summed E-state index contributed by atoms with van der Waals surface area (Å²) >= 11 is 0. The van der Waals surface area contributed by atoms with Gasteiger partial charge in [0.1, 0.15) is 0 Å². The maximum Gasteiger partial charge on any atom is 0.0661 e. The number of hydrogen-bond donors (Lipinski definition) is 0. The number of rotatable bonds is 2. The van der Waals surface area contributed by atoms with Crippen molar-refractivity contribution < 1.29 is 4.74 Å². The van der Waals surface area contributed by atoms with Gasteiger partial charge in [-0.05, 0) is 44.4 Å². The van der Waals surface area contributed by atoms with Crippen LogP contribution in [-0.4, -0.2) is 11.7 Å². The molecule has 4 atom stereocenters. The standard InChI is InChI=1S/C12H22O/c1-4-5-11-10-6-7-12(3,13-11)8-9(10)2/h9-11H,4-8H2,1-3H3. The molecule has 0 aromatic rings. The molecule has 0 radical (unpaired) electrons. The Balaban J connectivity index is 2.08. The normalized spacial score (nSPS) is 49.6. The molecular formula is C12H22O. The molecule has 1 heteroatoms. The van der Waals surface area contributed by atoms with E-state index >= 15 is 0 Å². The summed E-state index contributed by atoms with van der Waals surface area (Å²) in [5.74, 6) is 1.76. The fourth-order valence-corrected chi connectivity index (χ4v) is 3.36.